The number of thioether (sulfide) groups is 1. The topological polar surface area (TPSA) is 52.1 Å². The Hall–Kier alpha value is -1.14. The Morgan fingerprint density at radius 3 is 3.25 bits per heavy atom. The Morgan fingerprint density at radius 2 is 2.44 bits per heavy atom. The number of nitrogens with zero attached hydrogens (tertiary/aromatic N) is 2. The molecule has 0 aliphatic carbocycles. The van der Waals surface area contributed by atoms with Gasteiger partial charge in [-0.25, -0.2) is 9.97 Å². The maximum Gasteiger partial charge on any atom is 0.319 e. The van der Waals surface area contributed by atoms with Gasteiger partial charge in [0.2, 0.25) is 0 Å². The monoisotopic (exact) mass is 252 g/mol. The molecule has 16 heavy (non-hydrogen) atoms. The summed E-state index contributed by atoms with van der Waals surface area (Å²) in [5.74, 6) is -0.131. The zero-order chi connectivity index (χ0) is 11.0. The number of hydrogen-bond acceptors (Lipinski definition) is 6. The van der Waals surface area contributed by atoms with Crippen molar-refractivity contribution in [1.82, 2.24) is 9.97 Å². The minimum Gasteiger partial charge on any atom is -0.465 e. The number of fused-ring (bicyclic) bond motifs is 1. The largest absolute Gasteiger partial charge is 0.465 e. The predicted molar refractivity (Wildman–Crippen MR) is 62.6 cm³/mol. The Labute approximate surface area is 100 Å². The van der Waals surface area contributed by atoms with Gasteiger partial charge in [-0.1, -0.05) is 11.8 Å². The van der Waals surface area contributed by atoms with Gasteiger partial charge in [0.1, 0.15) is 16.6 Å². The average molecular weight is 252 g/mol. The first-order valence-corrected chi connectivity index (χ1v) is 6.62. The third-order valence-electron chi connectivity index (χ3n) is 2.35. The van der Waals surface area contributed by atoms with E-state index in [1.54, 1.807) is 11.3 Å². The van der Waals surface area contributed by atoms with Gasteiger partial charge >= 0.3 is 5.97 Å². The lowest BCUT2D eigenvalue weighted by Gasteiger charge is -2.04. The van der Waals surface area contributed by atoms with Crippen molar-refractivity contribution in [2.75, 3.05) is 6.61 Å². The minimum atomic E-state index is -0.131. The van der Waals surface area contributed by atoms with Crippen LogP contribution in [0.4, 0.5) is 0 Å². The Bertz CT molecular complexity index is 540. The number of carbonyl (C=O) groups excluding carboxylic acids is 1. The zero-order valence-corrected chi connectivity index (χ0v) is 9.88. The summed E-state index contributed by atoms with van der Waals surface area (Å²) in [5, 5.41) is 2.75. The van der Waals surface area contributed by atoms with Crippen LogP contribution in [0.2, 0.25) is 0 Å². The van der Waals surface area contributed by atoms with Crippen molar-refractivity contribution < 1.29 is 9.53 Å². The van der Waals surface area contributed by atoms with Gasteiger partial charge in [-0.2, -0.15) is 0 Å². The van der Waals surface area contributed by atoms with Gasteiger partial charge in [0.05, 0.1) is 16.8 Å². The summed E-state index contributed by atoms with van der Waals surface area (Å²) in [6, 6.07) is 1.96. The van der Waals surface area contributed by atoms with Gasteiger partial charge in [-0.05, 0) is 11.4 Å². The Kier molecular flexibility index (Phi) is 2.53. The van der Waals surface area contributed by atoms with Gasteiger partial charge in [-0.15, -0.1) is 11.3 Å². The fourth-order valence-corrected chi connectivity index (χ4v) is 3.55. The molecule has 1 saturated heterocycles. The lowest BCUT2D eigenvalue weighted by Crippen LogP contribution is -2.09. The average Bonchev–Trinajstić information content (AvgIpc) is 2.89. The van der Waals surface area contributed by atoms with Crippen molar-refractivity contribution in [2.45, 2.75) is 16.7 Å². The van der Waals surface area contributed by atoms with Crippen LogP contribution in [0, 0.1) is 0 Å². The summed E-state index contributed by atoms with van der Waals surface area (Å²) in [6.45, 7) is 0.523. The molecule has 3 heterocycles. The van der Waals surface area contributed by atoms with Crippen LogP contribution in [0.3, 0.4) is 0 Å². The van der Waals surface area contributed by atoms with E-state index in [0.717, 1.165) is 21.7 Å². The van der Waals surface area contributed by atoms with E-state index in [4.69, 9.17) is 4.74 Å². The first-order valence-electron chi connectivity index (χ1n) is 4.86. The van der Waals surface area contributed by atoms with E-state index in [2.05, 4.69) is 9.97 Å². The van der Waals surface area contributed by atoms with E-state index in [9.17, 15) is 4.79 Å². The number of rotatable bonds is 2. The van der Waals surface area contributed by atoms with Gasteiger partial charge in [0, 0.05) is 6.42 Å². The van der Waals surface area contributed by atoms with Crippen molar-refractivity contribution in [3.05, 3.63) is 17.8 Å². The molecule has 1 atom stereocenters. The Balaban J connectivity index is 1.94. The first kappa shape index (κ1) is 10.0. The molecule has 0 N–H and O–H groups in total. The lowest BCUT2D eigenvalue weighted by atomic mass is 10.4. The minimum absolute atomic E-state index is 0.111. The summed E-state index contributed by atoms with van der Waals surface area (Å²) in [5.41, 5.74) is 0.939. The highest BCUT2D eigenvalue weighted by Gasteiger charge is 2.28. The van der Waals surface area contributed by atoms with Crippen LogP contribution in [-0.2, 0) is 9.53 Å². The normalized spacial score (nSPS) is 20.2. The van der Waals surface area contributed by atoms with Crippen LogP contribution in [0.25, 0.3) is 10.2 Å². The van der Waals surface area contributed by atoms with Gasteiger partial charge in [0.25, 0.3) is 0 Å². The third kappa shape index (κ3) is 1.68. The van der Waals surface area contributed by atoms with Crippen LogP contribution in [0.5, 0.6) is 0 Å². The number of carbonyl (C=O) groups is 1. The molecule has 82 valence electrons. The van der Waals surface area contributed by atoms with Crippen LogP contribution in [0.1, 0.15) is 6.42 Å². The van der Waals surface area contributed by atoms with Crippen LogP contribution in [0.15, 0.2) is 22.8 Å². The van der Waals surface area contributed by atoms with Crippen LogP contribution < -0.4 is 0 Å². The molecule has 1 fully saturated rings. The molecule has 0 spiro atoms. The molecule has 1 aliphatic heterocycles. The fourth-order valence-electron chi connectivity index (χ4n) is 1.57. The fraction of sp³-hybridized carbons (Fsp3) is 0.300. The highest BCUT2D eigenvalue weighted by molar-refractivity contribution is 8.00. The second kappa shape index (κ2) is 4.03. The maximum absolute atomic E-state index is 11.4. The van der Waals surface area contributed by atoms with Gasteiger partial charge < -0.3 is 4.74 Å². The second-order valence-corrected chi connectivity index (χ2v) is 5.48. The van der Waals surface area contributed by atoms with Gasteiger partial charge in [-0.3, -0.25) is 4.79 Å². The second-order valence-electron chi connectivity index (χ2n) is 3.38. The third-order valence-corrected chi connectivity index (χ3v) is 4.64. The van der Waals surface area contributed by atoms with Crippen LogP contribution in [-0.4, -0.2) is 27.8 Å². The highest BCUT2D eigenvalue weighted by atomic mass is 32.2. The Morgan fingerprint density at radius 1 is 1.50 bits per heavy atom. The molecule has 2 aromatic heterocycles. The number of hydrogen-bond donors (Lipinski definition) is 0. The smallest absolute Gasteiger partial charge is 0.319 e. The van der Waals surface area contributed by atoms with Crippen molar-refractivity contribution in [3.63, 3.8) is 0 Å². The molecule has 6 heteroatoms. The molecule has 3 rings (SSSR count). The number of cyclic esters (lactones) is 1. The number of esters is 1. The molecule has 1 aliphatic rings. The molecule has 0 amide bonds. The van der Waals surface area contributed by atoms with Crippen molar-refractivity contribution in [2.24, 2.45) is 0 Å². The number of aromatic nitrogens is 2. The van der Waals surface area contributed by atoms with E-state index in [0.29, 0.717) is 6.61 Å². The van der Waals surface area contributed by atoms with E-state index in [-0.39, 0.29) is 11.2 Å². The van der Waals surface area contributed by atoms with E-state index in [1.807, 2.05) is 11.4 Å². The summed E-state index contributed by atoms with van der Waals surface area (Å²) >= 11 is 3.08. The van der Waals surface area contributed by atoms with Crippen LogP contribution >= 0.6 is 23.1 Å². The summed E-state index contributed by atoms with van der Waals surface area (Å²) in [7, 11) is 0. The SMILES string of the molecule is O=C1OCC[C@@H]1Sc1ncnc2ccsc12. The first-order chi connectivity index (χ1) is 7.84. The van der Waals surface area contributed by atoms with E-state index < -0.39 is 0 Å². The van der Waals surface area contributed by atoms with Gasteiger partial charge in [0.15, 0.2) is 0 Å². The summed E-state index contributed by atoms with van der Waals surface area (Å²) in [6.07, 6.45) is 2.30. The van der Waals surface area contributed by atoms with Crippen molar-refractivity contribution in [3.8, 4) is 0 Å². The summed E-state index contributed by atoms with van der Waals surface area (Å²) < 4.78 is 5.98. The van der Waals surface area contributed by atoms with Crippen molar-refractivity contribution >= 4 is 39.3 Å². The molecule has 4 nitrogen and oxygen atoms in total. The molecular weight excluding hydrogens is 244 g/mol. The van der Waals surface area contributed by atoms with Crippen molar-refractivity contribution in [1.29, 1.82) is 0 Å². The number of thiophene rings is 1. The lowest BCUT2D eigenvalue weighted by molar-refractivity contribution is -0.137. The molecule has 0 radical (unpaired) electrons. The molecule has 0 saturated carbocycles. The van der Waals surface area contributed by atoms with E-state index >= 15 is 0 Å². The maximum atomic E-state index is 11.4. The van der Waals surface area contributed by atoms with E-state index in [1.165, 1.54) is 18.1 Å². The zero-order valence-electron chi connectivity index (χ0n) is 8.25. The standard InChI is InChI=1S/C10H8N2O2S2/c13-10-7(1-3-14-10)16-9-8-6(2-4-15-8)11-5-12-9/h2,4-5,7H,1,3H2/t7-/m0/s1. The molecule has 0 bridgehead atoms. The molecular formula is C10H8N2O2S2. The predicted octanol–water partition coefficient (Wildman–Crippen LogP) is 2.10. The highest BCUT2D eigenvalue weighted by Crippen LogP contribution is 2.34. The quantitative estimate of drug-likeness (QED) is 0.605. The molecule has 0 aromatic carbocycles. The summed E-state index contributed by atoms with van der Waals surface area (Å²) in [4.78, 5) is 19.8. The molecule has 2 aromatic rings. The molecule has 0 unspecified atom stereocenters. The number of ether oxygens (including phenoxy) is 1.